The van der Waals surface area contributed by atoms with E-state index in [4.69, 9.17) is 10.00 Å². The molecule has 1 aromatic heterocycles. The van der Waals surface area contributed by atoms with Gasteiger partial charge in [-0.15, -0.1) is 0 Å². The molecule has 0 radical (unpaired) electrons. The highest BCUT2D eigenvalue weighted by atomic mass is 16.5. The number of pyridine rings is 1. The van der Waals surface area contributed by atoms with Crippen molar-refractivity contribution in [1.29, 1.82) is 5.26 Å². The van der Waals surface area contributed by atoms with Gasteiger partial charge in [0.1, 0.15) is 17.5 Å². The zero-order valence-corrected chi connectivity index (χ0v) is 14.1. The molecule has 6 heteroatoms. The van der Waals surface area contributed by atoms with Gasteiger partial charge < -0.3 is 15.4 Å². The number of hydrogen-bond acceptors (Lipinski definition) is 5. The highest BCUT2D eigenvalue weighted by molar-refractivity contribution is 6.04. The van der Waals surface area contributed by atoms with Crippen molar-refractivity contribution in [1.82, 2.24) is 4.98 Å². The van der Waals surface area contributed by atoms with E-state index >= 15 is 0 Å². The maximum Gasteiger partial charge on any atom is 0.274 e. The zero-order valence-electron chi connectivity index (χ0n) is 14.1. The largest absolute Gasteiger partial charge is 0.495 e. The Labute approximate surface area is 151 Å². The standard InChI is InChI=1S/C20H16N4O2/c1-26-19-9-5-4-8-17(19)23-15-10-11-22-18(12-15)20(25)24-16-7-3-2-6-14(16)13-21/h2-12H,1H3,(H,22,23)(H,24,25). The molecule has 0 unspecified atom stereocenters. The molecule has 3 rings (SSSR count). The van der Waals surface area contributed by atoms with E-state index in [1.54, 1.807) is 49.7 Å². The number of aromatic nitrogens is 1. The molecule has 0 fully saturated rings. The Morgan fingerprint density at radius 2 is 1.81 bits per heavy atom. The van der Waals surface area contributed by atoms with Crippen LogP contribution in [0.15, 0.2) is 66.9 Å². The Morgan fingerprint density at radius 3 is 2.58 bits per heavy atom. The fourth-order valence-corrected chi connectivity index (χ4v) is 2.41. The van der Waals surface area contributed by atoms with Crippen molar-refractivity contribution in [2.75, 3.05) is 17.7 Å². The fraction of sp³-hybridized carbons (Fsp3) is 0.0500. The molecular formula is C20H16N4O2. The summed E-state index contributed by atoms with van der Waals surface area (Å²) in [5.74, 6) is 0.301. The molecule has 3 aromatic rings. The summed E-state index contributed by atoms with van der Waals surface area (Å²) in [6.45, 7) is 0. The van der Waals surface area contributed by atoms with Crippen LogP contribution in [0.2, 0.25) is 0 Å². The van der Waals surface area contributed by atoms with Gasteiger partial charge in [-0.25, -0.2) is 0 Å². The Morgan fingerprint density at radius 1 is 1.08 bits per heavy atom. The number of nitrogens with zero attached hydrogens (tertiary/aromatic N) is 2. The van der Waals surface area contributed by atoms with Crippen LogP contribution in [0.5, 0.6) is 5.75 Å². The lowest BCUT2D eigenvalue weighted by Crippen LogP contribution is -2.14. The van der Waals surface area contributed by atoms with Crippen molar-refractivity contribution in [3.63, 3.8) is 0 Å². The van der Waals surface area contributed by atoms with Crippen molar-refractivity contribution in [2.24, 2.45) is 0 Å². The van der Waals surface area contributed by atoms with Gasteiger partial charge >= 0.3 is 0 Å². The van der Waals surface area contributed by atoms with E-state index in [0.717, 1.165) is 5.69 Å². The number of methoxy groups -OCH3 is 1. The van der Waals surface area contributed by atoms with E-state index in [-0.39, 0.29) is 5.69 Å². The molecule has 0 spiro atoms. The van der Waals surface area contributed by atoms with E-state index in [1.165, 1.54) is 0 Å². The second kappa shape index (κ2) is 7.81. The molecular weight excluding hydrogens is 328 g/mol. The summed E-state index contributed by atoms with van der Waals surface area (Å²) in [4.78, 5) is 16.6. The van der Waals surface area contributed by atoms with Crippen LogP contribution in [0, 0.1) is 11.3 Å². The minimum absolute atomic E-state index is 0.234. The molecule has 0 atom stereocenters. The molecule has 0 aliphatic rings. The molecule has 26 heavy (non-hydrogen) atoms. The minimum atomic E-state index is -0.392. The van der Waals surface area contributed by atoms with Crippen LogP contribution in [0.4, 0.5) is 17.1 Å². The SMILES string of the molecule is COc1ccccc1Nc1ccnc(C(=O)Nc2ccccc2C#N)c1. The van der Waals surface area contributed by atoms with Crippen molar-refractivity contribution < 1.29 is 9.53 Å². The number of nitriles is 1. The maximum atomic E-state index is 12.5. The molecule has 1 heterocycles. The number of amides is 1. The van der Waals surface area contributed by atoms with E-state index in [1.807, 2.05) is 30.3 Å². The third-order valence-electron chi connectivity index (χ3n) is 3.67. The Bertz CT molecular complexity index is 979. The molecule has 0 saturated heterocycles. The Balaban J connectivity index is 1.81. The highest BCUT2D eigenvalue weighted by Crippen LogP contribution is 2.27. The van der Waals surface area contributed by atoms with Crippen molar-refractivity contribution in [3.8, 4) is 11.8 Å². The topological polar surface area (TPSA) is 87.0 Å². The molecule has 2 N–H and O–H groups in total. The van der Waals surface area contributed by atoms with Gasteiger partial charge in [-0.2, -0.15) is 5.26 Å². The first-order valence-corrected chi connectivity index (χ1v) is 7.88. The van der Waals surface area contributed by atoms with Crippen LogP contribution in [0.25, 0.3) is 0 Å². The van der Waals surface area contributed by atoms with Gasteiger partial charge in [0.2, 0.25) is 0 Å². The number of ether oxygens (including phenoxy) is 1. The number of para-hydroxylation sites is 3. The summed E-state index contributed by atoms with van der Waals surface area (Å²) in [5.41, 5.74) is 2.55. The van der Waals surface area contributed by atoms with Gasteiger partial charge in [-0.05, 0) is 36.4 Å². The summed E-state index contributed by atoms with van der Waals surface area (Å²) < 4.78 is 5.31. The predicted molar refractivity (Wildman–Crippen MR) is 99.6 cm³/mol. The lowest BCUT2D eigenvalue weighted by molar-refractivity contribution is 0.102. The Kier molecular flexibility index (Phi) is 5.11. The number of hydrogen-bond donors (Lipinski definition) is 2. The number of rotatable bonds is 5. The quantitative estimate of drug-likeness (QED) is 0.731. The van der Waals surface area contributed by atoms with Gasteiger partial charge in [0.25, 0.3) is 5.91 Å². The van der Waals surface area contributed by atoms with E-state index in [2.05, 4.69) is 15.6 Å². The number of benzene rings is 2. The lowest BCUT2D eigenvalue weighted by Gasteiger charge is -2.12. The first-order chi connectivity index (χ1) is 12.7. The van der Waals surface area contributed by atoms with Crippen molar-refractivity contribution >= 4 is 23.0 Å². The monoisotopic (exact) mass is 344 g/mol. The average molecular weight is 344 g/mol. The fourth-order valence-electron chi connectivity index (χ4n) is 2.41. The van der Waals surface area contributed by atoms with E-state index in [9.17, 15) is 4.79 Å². The van der Waals surface area contributed by atoms with Crippen LogP contribution >= 0.6 is 0 Å². The second-order valence-electron chi connectivity index (χ2n) is 5.37. The molecule has 6 nitrogen and oxygen atoms in total. The molecule has 2 aromatic carbocycles. The lowest BCUT2D eigenvalue weighted by atomic mass is 10.2. The first kappa shape index (κ1) is 17.0. The maximum absolute atomic E-state index is 12.5. The predicted octanol–water partition coefficient (Wildman–Crippen LogP) is 3.96. The highest BCUT2D eigenvalue weighted by Gasteiger charge is 2.11. The number of carbonyl (C=O) groups excluding carboxylic acids is 1. The third-order valence-corrected chi connectivity index (χ3v) is 3.67. The summed E-state index contributed by atoms with van der Waals surface area (Å²) >= 11 is 0. The summed E-state index contributed by atoms with van der Waals surface area (Å²) in [6.07, 6.45) is 1.54. The average Bonchev–Trinajstić information content (AvgIpc) is 2.69. The van der Waals surface area contributed by atoms with Crippen LogP contribution < -0.4 is 15.4 Å². The Hall–Kier alpha value is -3.85. The van der Waals surface area contributed by atoms with Gasteiger partial charge in [-0.3, -0.25) is 9.78 Å². The van der Waals surface area contributed by atoms with E-state index < -0.39 is 5.91 Å². The third kappa shape index (κ3) is 3.79. The van der Waals surface area contributed by atoms with Crippen LogP contribution in [-0.4, -0.2) is 18.0 Å². The van der Waals surface area contributed by atoms with Crippen molar-refractivity contribution in [2.45, 2.75) is 0 Å². The normalized spacial score (nSPS) is 9.85. The molecule has 128 valence electrons. The molecule has 0 aliphatic heterocycles. The minimum Gasteiger partial charge on any atom is -0.495 e. The molecule has 0 saturated carbocycles. The van der Waals surface area contributed by atoms with Gasteiger partial charge in [-0.1, -0.05) is 24.3 Å². The molecule has 0 bridgehead atoms. The van der Waals surface area contributed by atoms with Crippen LogP contribution in [-0.2, 0) is 0 Å². The van der Waals surface area contributed by atoms with E-state index in [0.29, 0.717) is 22.7 Å². The smallest absolute Gasteiger partial charge is 0.274 e. The summed E-state index contributed by atoms with van der Waals surface area (Å²) in [5, 5.41) is 15.0. The van der Waals surface area contributed by atoms with Gasteiger partial charge in [0, 0.05) is 11.9 Å². The van der Waals surface area contributed by atoms with Gasteiger partial charge in [0.05, 0.1) is 24.0 Å². The van der Waals surface area contributed by atoms with Crippen LogP contribution in [0.3, 0.4) is 0 Å². The number of nitrogens with one attached hydrogen (secondary N) is 2. The second-order valence-corrected chi connectivity index (χ2v) is 5.37. The number of carbonyl (C=O) groups is 1. The molecule has 0 aliphatic carbocycles. The first-order valence-electron chi connectivity index (χ1n) is 7.88. The van der Waals surface area contributed by atoms with Crippen molar-refractivity contribution in [3.05, 3.63) is 78.1 Å². The summed E-state index contributed by atoms with van der Waals surface area (Å²) in [6, 6.07) is 19.7. The number of anilines is 3. The van der Waals surface area contributed by atoms with Gasteiger partial charge in [0.15, 0.2) is 0 Å². The summed E-state index contributed by atoms with van der Waals surface area (Å²) in [7, 11) is 1.60. The van der Waals surface area contributed by atoms with Crippen LogP contribution in [0.1, 0.15) is 16.1 Å². The molecule has 1 amide bonds. The zero-order chi connectivity index (χ0) is 18.4.